The van der Waals surface area contributed by atoms with Crippen LogP contribution in [0.25, 0.3) is 0 Å². The Balaban J connectivity index is 4.48. The monoisotopic (exact) mass is 369 g/mol. The molecule has 1 amide bonds. The minimum Gasteiger partial charge on any atom is -0.512 e. The molecule has 5 N–H and O–H groups in total. The third kappa shape index (κ3) is 7.94. The first kappa shape index (κ1) is 22.6. The van der Waals surface area contributed by atoms with E-state index in [1.54, 1.807) is 20.8 Å². The van der Waals surface area contributed by atoms with Crippen molar-refractivity contribution in [3.8, 4) is 0 Å². The fourth-order valence-corrected chi connectivity index (χ4v) is 3.93. The van der Waals surface area contributed by atoms with E-state index in [9.17, 15) is 15.0 Å². The topological polar surface area (TPSA) is 147 Å². The largest absolute Gasteiger partial charge is 0.521 e. The molecule has 0 aliphatic rings. The van der Waals surface area contributed by atoms with Crippen molar-refractivity contribution in [3.05, 3.63) is 12.0 Å². The molecule has 0 aliphatic carbocycles. The number of amides is 1. The number of ether oxygens (including phenoxy) is 1. The minimum absolute atomic E-state index is 0.0260. The molecule has 0 aromatic carbocycles. The van der Waals surface area contributed by atoms with Crippen molar-refractivity contribution in [2.24, 2.45) is 0 Å². The quantitative estimate of drug-likeness (QED) is 0.236. The van der Waals surface area contributed by atoms with E-state index in [2.05, 4.69) is 5.32 Å². The van der Waals surface area contributed by atoms with Crippen LogP contribution in [-0.4, -0.2) is 80.1 Å². The van der Waals surface area contributed by atoms with Gasteiger partial charge in [-0.25, -0.2) is 4.79 Å². The van der Waals surface area contributed by atoms with E-state index >= 15 is 0 Å². The number of carbonyl (C=O) groups is 1. The Hall–Kier alpha value is -1.37. The van der Waals surface area contributed by atoms with Crippen molar-refractivity contribution in [3.63, 3.8) is 0 Å². The van der Waals surface area contributed by atoms with Gasteiger partial charge in [0.1, 0.15) is 25.1 Å². The zero-order chi connectivity index (χ0) is 18.6. The van der Waals surface area contributed by atoms with Crippen LogP contribution in [0.2, 0.25) is 0 Å². The number of alkyl carbamates (subject to hydrolysis) is 1. The SMILES string of the molecule is CCO[Si](CNC(=O)OCC(O)C(O)/C(O)=C\O)(OCC)OCC. The summed E-state index contributed by atoms with van der Waals surface area (Å²) >= 11 is 0. The predicted molar refractivity (Wildman–Crippen MR) is 85.3 cm³/mol. The lowest BCUT2D eigenvalue weighted by Gasteiger charge is -2.28. The van der Waals surface area contributed by atoms with Crippen LogP contribution in [-0.2, 0) is 18.0 Å². The van der Waals surface area contributed by atoms with Crippen molar-refractivity contribution in [1.29, 1.82) is 0 Å². The predicted octanol–water partition coefficient (Wildman–Crippen LogP) is -0.0206. The number of carbonyl (C=O) groups excluding carboxylic acids is 1. The molecule has 0 fully saturated rings. The van der Waals surface area contributed by atoms with Gasteiger partial charge in [-0.3, -0.25) is 0 Å². The van der Waals surface area contributed by atoms with Crippen molar-refractivity contribution in [1.82, 2.24) is 5.32 Å². The second-order valence-electron chi connectivity index (χ2n) is 4.50. The summed E-state index contributed by atoms with van der Waals surface area (Å²) in [6.07, 6.45) is -4.05. The van der Waals surface area contributed by atoms with E-state index in [4.69, 9.17) is 28.2 Å². The fraction of sp³-hybridized carbons (Fsp3) is 0.769. The summed E-state index contributed by atoms with van der Waals surface area (Å²) in [6.45, 7) is 5.77. The molecule has 0 aromatic heterocycles. The first-order valence-electron chi connectivity index (χ1n) is 7.57. The van der Waals surface area contributed by atoms with E-state index in [-0.39, 0.29) is 12.4 Å². The van der Waals surface area contributed by atoms with E-state index < -0.39 is 39.5 Å². The smallest absolute Gasteiger partial charge is 0.512 e. The molecule has 2 unspecified atom stereocenters. The Labute approximate surface area is 142 Å². The van der Waals surface area contributed by atoms with Gasteiger partial charge in [-0.15, -0.1) is 0 Å². The van der Waals surface area contributed by atoms with Crippen LogP contribution in [0.1, 0.15) is 20.8 Å². The van der Waals surface area contributed by atoms with Gasteiger partial charge >= 0.3 is 14.9 Å². The van der Waals surface area contributed by atoms with Gasteiger partial charge < -0.3 is 43.8 Å². The zero-order valence-electron chi connectivity index (χ0n) is 14.1. The average molecular weight is 369 g/mol. The van der Waals surface area contributed by atoms with Crippen molar-refractivity contribution >= 4 is 14.9 Å². The lowest BCUT2D eigenvalue weighted by molar-refractivity contribution is -0.0202. The van der Waals surface area contributed by atoms with Gasteiger partial charge in [0.05, 0.1) is 6.17 Å². The average Bonchev–Trinajstić information content (AvgIpc) is 2.57. The Kier molecular flexibility index (Phi) is 11.4. The van der Waals surface area contributed by atoms with Gasteiger partial charge in [-0.2, -0.15) is 0 Å². The summed E-state index contributed by atoms with van der Waals surface area (Å²) in [5, 5.41) is 38.9. The van der Waals surface area contributed by atoms with Crippen molar-refractivity contribution in [2.45, 2.75) is 33.0 Å². The molecule has 0 radical (unpaired) electrons. The molecular weight excluding hydrogens is 342 g/mol. The van der Waals surface area contributed by atoms with E-state index in [0.717, 1.165) is 0 Å². The molecule has 0 rings (SSSR count). The molecule has 11 heteroatoms. The molecule has 0 aliphatic heterocycles. The number of aliphatic hydroxyl groups is 4. The van der Waals surface area contributed by atoms with E-state index in [1.165, 1.54) is 0 Å². The maximum Gasteiger partial charge on any atom is 0.521 e. The van der Waals surface area contributed by atoms with Gasteiger partial charge in [0.15, 0.2) is 5.76 Å². The molecule has 0 heterocycles. The zero-order valence-corrected chi connectivity index (χ0v) is 15.1. The molecule has 0 bridgehead atoms. The fourth-order valence-electron chi connectivity index (χ4n) is 1.69. The summed E-state index contributed by atoms with van der Waals surface area (Å²) in [5.41, 5.74) is 0. The second kappa shape index (κ2) is 12.1. The molecule has 24 heavy (non-hydrogen) atoms. The first-order chi connectivity index (χ1) is 11.4. The highest BCUT2D eigenvalue weighted by atomic mass is 28.4. The third-order valence-corrected chi connectivity index (χ3v) is 5.52. The maximum atomic E-state index is 11.7. The van der Waals surface area contributed by atoms with E-state index in [1.807, 2.05) is 0 Å². The molecule has 0 spiro atoms. The summed E-state index contributed by atoms with van der Waals surface area (Å²) in [7, 11) is -3.07. The minimum atomic E-state index is -3.07. The van der Waals surface area contributed by atoms with E-state index in [0.29, 0.717) is 19.8 Å². The highest BCUT2D eigenvalue weighted by Gasteiger charge is 2.41. The van der Waals surface area contributed by atoms with Crippen LogP contribution < -0.4 is 5.32 Å². The molecular formula is C13H27NO9Si. The third-order valence-electron chi connectivity index (χ3n) is 2.73. The molecule has 10 nitrogen and oxygen atoms in total. The number of hydrogen-bond donors (Lipinski definition) is 5. The second-order valence-corrected chi connectivity index (χ2v) is 7.09. The molecule has 0 saturated carbocycles. The summed E-state index contributed by atoms with van der Waals surface area (Å²) < 4.78 is 21.3. The number of rotatable bonds is 12. The van der Waals surface area contributed by atoms with Crippen LogP contribution in [0.3, 0.4) is 0 Å². The van der Waals surface area contributed by atoms with Crippen LogP contribution >= 0.6 is 0 Å². The van der Waals surface area contributed by atoms with Crippen LogP contribution in [0.5, 0.6) is 0 Å². The molecule has 0 saturated heterocycles. The summed E-state index contributed by atoms with van der Waals surface area (Å²) in [4.78, 5) is 11.7. The summed E-state index contributed by atoms with van der Waals surface area (Å²) in [5.74, 6) is -0.845. The summed E-state index contributed by atoms with van der Waals surface area (Å²) in [6, 6.07) is 0. The Bertz CT molecular complexity index is 377. The Morgan fingerprint density at radius 3 is 2.04 bits per heavy atom. The Morgan fingerprint density at radius 2 is 1.62 bits per heavy atom. The highest BCUT2D eigenvalue weighted by molar-refractivity contribution is 6.61. The number of hydrogen-bond acceptors (Lipinski definition) is 9. The van der Waals surface area contributed by atoms with Gasteiger partial charge in [0.25, 0.3) is 0 Å². The van der Waals surface area contributed by atoms with Crippen molar-refractivity contribution < 1.29 is 43.2 Å². The lowest BCUT2D eigenvalue weighted by Crippen LogP contribution is -2.55. The van der Waals surface area contributed by atoms with Gasteiger partial charge in [-0.05, 0) is 20.8 Å². The lowest BCUT2D eigenvalue weighted by atomic mass is 10.2. The van der Waals surface area contributed by atoms with Crippen molar-refractivity contribution in [2.75, 3.05) is 32.6 Å². The molecule has 142 valence electrons. The Morgan fingerprint density at radius 1 is 1.12 bits per heavy atom. The van der Waals surface area contributed by atoms with Gasteiger partial charge in [0.2, 0.25) is 0 Å². The number of aliphatic hydroxyl groups excluding tert-OH is 4. The van der Waals surface area contributed by atoms with Gasteiger partial charge in [-0.1, -0.05) is 0 Å². The standard InChI is InChI=1S/C13H27NO9Si/c1-4-21-24(22-5-2,23-6-3)9-14-13(19)20-8-11(17)12(18)10(16)7-15/h7,11-12,15-18H,4-6,8-9H2,1-3H3,(H,14,19)/b10-7+. The van der Waals surface area contributed by atoms with Crippen LogP contribution in [0, 0.1) is 0 Å². The number of nitrogens with one attached hydrogen (secondary N) is 1. The maximum absolute atomic E-state index is 11.7. The molecule has 0 aromatic rings. The van der Waals surface area contributed by atoms with Crippen LogP contribution in [0.15, 0.2) is 12.0 Å². The first-order valence-corrected chi connectivity index (χ1v) is 9.50. The highest BCUT2D eigenvalue weighted by Crippen LogP contribution is 2.09. The van der Waals surface area contributed by atoms with Gasteiger partial charge in [0, 0.05) is 19.8 Å². The molecule has 2 atom stereocenters. The van der Waals surface area contributed by atoms with Crippen LogP contribution in [0.4, 0.5) is 4.79 Å². The normalized spacial score (nSPS) is 15.0.